The van der Waals surface area contributed by atoms with E-state index >= 15 is 0 Å². The molecule has 0 saturated heterocycles. The summed E-state index contributed by atoms with van der Waals surface area (Å²) in [5.74, 6) is -26.0. The Balaban J connectivity index is -0.000000163. The Bertz CT molecular complexity index is 288. The van der Waals surface area contributed by atoms with Crippen molar-refractivity contribution in [3.63, 3.8) is 0 Å². The first-order valence-corrected chi connectivity index (χ1v) is 2.99. The topological polar surface area (TPSA) is 74.6 Å². The number of hydrogen-bond donors (Lipinski definition) is 2. The molecule has 17 heavy (non-hydrogen) atoms. The molecule has 0 spiro atoms. The number of halogens is 6. The molecule has 0 aliphatic carbocycles. The van der Waals surface area contributed by atoms with Crippen molar-refractivity contribution in [3.8, 4) is 0 Å². The SMILES string of the molecule is O=C(O)C(F)(F)C(F)(F)C(F)(F)C(=O)O.[H-].[H-].[Na+].[Na+]. The fraction of sp³-hybridized carbons (Fsp3) is 0.600. The molecular formula is C5H4F6Na2O4. The largest absolute Gasteiger partial charge is 1.00 e. The van der Waals surface area contributed by atoms with Crippen LogP contribution < -0.4 is 59.1 Å². The number of carbonyl (C=O) groups is 2. The number of rotatable bonds is 4. The zero-order valence-corrected chi connectivity index (χ0v) is 12.5. The molecule has 0 saturated carbocycles. The monoisotopic (exact) mass is 288 g/mol. The van der Waals surface area contributed by atoms with Gasteiger partial charge in [0.1, 0.15) is 0 Å². The third-order valence-corrected chi connectivity index (χ3v) is 1.33. The molecule has 2 N–H and O–H groups in total. The predicted molar refractivity (Wildman–Crippen MR) is 32.3 cm³/mol. The van der Waals surface area contributed by atoms with E-state index < -0.39 is 29.7 Å². The van der Waals surface area contributed by atoms with Gasteiger partial charge in [-0.2, -0.15) is 26.3 Å². The molecule has 0 unspecified atom stereocenters. The van der Waals surface area contributed by atoms with E-state index in [1.807, 2.05) is 0 Å². The van der Waals surface area contributed by atoms with Gasteiger partial charge in [0.2, 0.25) is 0 Å². The molecule has 0 aromatic rings. The van der Waals surface area contributed by atoms with Gasteiger partial charge in [-0.25, -0.2) is 9.59 Å². The van der Waals surface area contributed by atoms with Crippen molar-refractivity contribution in [2.24, 2.45) is 0 Å². The van der Waals surface area contributed by atoms with Crippen molar-refractivity contribution in [1.29, 1.82) is 0 Å². The van der Waals surface area contributed by atoms with Crippen LogP contribution in [-0.2, 0) is 9.59 Å². The first kappa shape index (κ1) is 22.7. The van der Waals surface area contributed by atoms with E-state index in [-0.39, 0.29) is 62.0 Å². The van der Waals surface area contributed by atoms with Crippen LogP contribution in [0.4, 0.5) is 26.3 Å². The summed E-state index contributed by atoms with van der Waals surface area (Å²) in [4.78, 5) is 19.2. The van der Waals surface area contributed by atoms with Gasteiger partial charge in [-0.15, -0.1) is 0 Å². The second kappa shape index (κ2) is 6.62. The molecule has 0 heterocycles. The Morgan fingerprint density at radius 2 is 0.941 bits per heavy atom. The molecule has 0 radical (unpaired) electrons. The zero-order chi connectivity index (χ0) is 12.7. The number of hydrogen-bond acceptors (Lipinski definition) is 2. The number of alkyl halides is 6. The third kappa shape index (κ3) is 3.74. The number of carboxylic acid groups (broad SMARTS) is 2. The van der Waals surface area contributed by atoms with Crippen LogP contribution in [-0.4, -0.2) is 39.9 Å². The van der Waals surface area contributed by atoms with Crippen molar-refractivity contribution in [1.82, 2.24) is 0 Å². The minimum Gasteiger partial charge on any atom is -1.00 e. The van der Waals surface area contributed by atoms with Crippen molar-refractivity contribution < 1.29 is 108 Å². The summed E-state index contributed by atoms with van der Waals surface area (Å²) in [5.41, 5.74) is 0. The van der Waals surface area contributed by atoms with E-state index in [1.54, 1.807) is 0 Å². The van der Waals surface area contributed by atoms with Gasteiger partial charge in [0.05, 0.1) is 0 Å². The molecular weight excluding hydrogens is 284 g/mol. The van der Waals surface area contributed by atoms with Crippen molar-refractivity contribution in [2.45, 2.75) is 17.8 Å². The first-order valence-electron chi connectivity index (χ1n) is 2.99. The van der Waals surface area contributed by atoms with Crippen LogP contribution in [0, 0.1) is 0 Å². The van der Waals surface area contributed by atoms with Crippen LogP contribution in [0.2, 0.25) is 0 Å². The van der Waals surface area contributed by atoms with E-state index in [0.29, 0.717) is 0 Å². The third-order valence-electron chi connectivity index (χ3n) is 1.33. The minimum absolute atomic E-state index is 0. The van der Waals surface area contributed by atoms with E-state index in [4.69, 9.17) is 10.2 Å². The fourth-order valence-corrected chi connectivity index (χ4v) is 0.466. The van der Waals surface area contributed by atoms with Gasteiger partial charge in [-0.05, 0) is 0 Å². The Labute approximate surface area is 137 Å². The molecule has 0 fully saturated rings. The Morgan fingerprint density at radius 1 is 0.765 bits per heavy atom. The second-order valence-electron chi connectivity index (χ2n) is 2.33. The van der Waals surface area contributed by atoms with Crippen molar-refractivity contribution >= 4 is 11.9 Å². The quantitative estimate of drug-likeness (QED) is 0.403. The molecule has 4 nitrogen and oxygen atoms in total. The smallest absolute Gasteiger partial charge is 1.00 e. The summed E-state index contributed by atoms with van der Waals surface area (Å²) >= 11 is 0. The first-order chi connectivity index (χ1) is 6.39. The molecule has 12 heteroatoms. The number of carboxylic acids is 2. The average molecular weight is 288 g/mol. The Morgan fingerprint density at radius 3 is 1.06 bits per heavy atom. The van der Waals surface area contributed by atoms with E-state index in [1.165, 1.54) is 0 Å². The average Bonchev–Trinajstić information content (AvgIpc) is 2.02. The van der Waals surface area contributed by atoms with Crippen LogP contribution >= 0.6 is 0 Å². The molecule has 0 atom stereocenters. The molecule has 0 bridgehead atoms. The van der Waals surface area contributed by atoms with Gasteiger partial charge in [0, 0.05) is 0 Å². The van der Waals surface area contributed by atoms with Crippen LogP contribution in [0.5, 0.6) is 0 Å². The van der Waals surface area contributed by atoms with E-state index in [2.05, 4.69) is 0 Å². The zero-order valence-electron chi connectivity index (χ0n) is 10.5. The van der Waals surface area contributed by atoms with Crippen LogP contribution in [0.1, 0.15) is 2.85 Å². The summed E-state index contributed by atoms with van der Waals surface area (Å²) in [5, 5.41) is 15.1. The molecule has 0 aromatic carbocycles. The fourth-order valence-electron chi connectivity index (χ4n) is 0.466. The molecule has 0 aliphatic rings. The maximum absolute atomic E-state index is 12.2. The molecule has 92 valence electrons. The summed E-state index contributed by atoms with van der Waals surface area (Å²) in [6.45, 7) is 0. The Hall–Kier alpha value is 0.520. The van der Waals surface area contributed by atoms with Crippen LogP contribution in [0.3, 0.4) is 0 Å². The molecule has 0 aromatic heterocycles. The normalized spacial score (nSPS) is 12.1. The summed E-state index contributed by atoms with van der Waals surface area (Å²) < 4.78 is 72.8. The van der Waals surface area contributed by atoms with E-state index in [9.17, 15) is 35.9 Å². The van der Waals surface area contributed by atoms with Gasteiger partial charge in [0.15, 0.2) is 0 Å². The maximum Gasteiger partial charge on any atom is 1.00 e. The van der Waals surface area contributed by atoms with Gasteiger partial charge in [-0.3, -0.25) is 0 Å². The standard InChI is InChI=1S/C5H2F6O4.2Na.2H/c6-3(7,1(12)13)5(10,11)4(8,9)2(14)15;;;;/h(H,12,13)(H,14,15);;;;/q;2*+1;2*-1. The number of aliphatic carboxylic acids is 2. The van der Waals surface area contributed by atoms with Crippen molar-refractivity contribution in [2.75, 3.05) is 0 Å². The summed E-state index contributed by atoms with van der Waals surface area (Å²) in [7, 11) is 0. The van der Waals surface area contributed by atoms with Gasteiger partial charge < -0.3 is 13.1 Å². The van der Waals surface area contributed by atoms with Crippen LogP contribution in [0.25, 0.3) is 0 Å². The summed E-state index contributed by atoms with van der Waals surface area (Å²) in [6, 6.07) is 0. The summed E-state index contributed by atoms with van der Waals surface area (Å²) in [6.07, 6.45) is 0. The van der Waals surface area contributed by atoms with Gasteiger partial charge >= 0.3 is 88.8 Å². The predicted octanol–water partition coefficient (Wildman–Crippen LogP) is -4.71. The Kier molecular flexibility index (Phi) is 8.83. The minimum atomic E-state index is -6.53. The van der Waals surface area contributed by atoms with Gasteiger partial charge in [0.25, 0.3) is 0 Å². The van der Waals surface area contributed by atoms with Crippen molar-refractivity contribution in [3.05, 3.63) is 0 Å². The van der Waals surface area contributed by atoms with E-state index in [0.717, 1.165) is 0 Å². The van der Waals surface area contributed by atoms with Gasteiger partial charge in [-0.1, -0.05) is 0 Å². The molecule has 0 rings (SSSR count). The molecule has 0 aliphatic heterocycles. The molecule has 0 amide bonds. The second-order valence-corrected chi connectivity index (χ2v) is 2.33. The van der Waals surface area contributed by atoms with Crippen LogP contribution in [0.15, 0.2) is 0 Å². The maximum atomic E-state index is 12.2.